The van der Waals surface area contributed by atoms with Gasteiger partial charge < -0.3 is 15.2 Å². The highest BCUT2D eigenvalue weighted by Gasteiger charge is 2.09. The molecule has 0 atom stereocenters. The number of guanidine groups is 1. The molecule has 3 aromatic rings. The van der Waals surface area contributed by atoms with Crippen molar-refractivity contribution in [3.63, 3.8) is 0 Å². The molecule has 28 heavy (non-hydrogen) atoms. The Morgan fingerprint density at radius 3 is 2.71 bits per heavy atom. The standard InChI is InChI=1S/C21H24FN5O/c1-3-7-19-26-20(28-27-19)16-10-6-8-15(12-16)13-24-21(23-2)25-14-17-9-4-5-11-18(17)22/h4-6,8-12H,3,7,13-14H2,1-2H3,(H2,23,24,25). The molecule has 2 aromatic carbocycles. The summed E-state index contributed by atoms with van der Waals surface area (Å²) in [6.45, 7) is 2.99. The summed E-state index contributed by atoms with van der Waals surface area (Å²) >= 11 is 0. The van der Waals surface area contributed by atoms with Crippen molar-refractivity contribution < 1.29 is 8.91 Å². The van der Waals surface area contributed by atoms with E-state index in [1.165, 1.54) is 6.07 Å². The number of hydrogen-bond donors (Lipinski definition) is 2. The van der Waals surface area contributed by atoms with Crippen molar-refractivity contribution in [2.75, 3.05) is 7.05 Å². The third kappa shape index (κ3) is 5.16. The van der Waals surface area contributed by atoms with Crippen LogP contribution in [0.3, 0.4) is 0 Å². The van der Waals surface area contributed by atoms with Crippen LogP contribution in [-0.4, -0.2) is 23.1 Å². The van der Waals surface area contributed by atoms with Gasteiger partial charge in [-0.2, -0.15) is 4.98 Å². The first-order valence-electron chi connectivity index (χ1n) is 9.29. The van der Waals surface area contributed by atoms with Crippen LogP contribution in [-0.2, 0) is 19.5 Å². The first kappa shape index (κ1) is 19.5. The third-order valence-electron chi connectivity index (χ3n) is 4.20. The maximum absolute atomic E-state index is 13.7. The normalized spacial score (nSPS) is 11.5. The van der Waals surface area contributed by atoms with E-state index >= 15 is 0 Å². The minimum Gasteiger partial charge on any atom is -0.352 e. The lowest BCUT2D eigenvalue weighted by atomic mass is 10.1. The molecule has 0 spiro atoms. The van der Waals surface area contributed by atoms with Gasteiger partial charge in [0.2, 0.25) is 0 Å². The van der Waals surface area contributed by atoms with Gasteiger partial charge in [0.1, 0.15) is 5.82 Å². The summed E-state index contributed by atoms with van der Waals surface area (Å²) < 4.78 is 19.1. The van der Waals surface area contributed by atoms with Gasteiger partial charge in [-0.25, -0.2) is 4.39 Å². The molecule has 3 rings (SSSR count). The molecule has 0 saturated carbocycles. The van der Waals surface area contributed by atoms with E-state index < -0.39 is 0 Å². The monoisotopic (exact) mass is 381 g/mol. The van der Waals surface area contributed by atoms with Crippen LogP contribution < -0.4 is 10.6 Å². The highest BCUT2D eigenvalue weighted by atomic mass is 19.1. The Kier molecular flexibility index (Phi) is 6.73. The Morgan fingerprint density at radius 1 is 1.11 bits per heavy atom. The first-order chi connectivity index (χ1) is 13.7. The zero-order valence-electron chi connectivity index (χ0n) is 16.1. The summed E-state index contributed by atoms with van der Waals surface area (Å²) in [5, 5.41) is 10.3. The van der Waals surface area contributed by atoms with Gasteiger partial charge in [-0.1, -0.05) is 42.4 Å². The highest BCUT2D eigenvalue weighted by molar-refractivity contribution is 5.79. The van der Waals surface area contributed by atoms with Gasteiger partial charge in [0, 0.05) is 37.7 Å². The number of aryl methyl sites for hydroxylation is 1. The van der Waals surface area contributed by atoms with Gasteiger partial charge in [0.15, 0.2) is 11.8 Å². The van der Waals surface area contributed by atoms with Crippen LogP contribution in [0.4, 0.5) is 4.39 Å². The molecule has 0 radical (unpaired) electrons. The van der Waals surface area contributed by atoms with Gasteiger partial charge in [-0.3, -0.25) is 4.99 Å². The van der Waals surface area contributed by atoms with Gasteiger partial charge >= 0.3 is 0 Å². The molecular weight excluding hydrogens is 357 g/mol. The third-order valence-corrected chi connectivity index (χ3v) is 4.20. The summed E-state index contributed by atoms with van der Waals surface area (Å²) in [5.74, 6) is 1.60. The molecule has 2 N–H and O–H groups in total. The minimum absolute atomic E-state index is 0.236. The highest BCUT2D eigenvalue weighted by Crippen LogP contribution is 2.19. The minimum atomic E-state index is -0.236. The molecule has 0 aliphatic carbocycles. The number of nitrogens with one attached hydrogen (secondary N) is 2. The second-order valence-corrected chi connectivity index (χ2v) is 6.34. The molecule has 6 nitrogen and oxygen atoms in total. The van der Waals surface area contributed by atoms with Crippen molar-refractivity contribution in [3.8, 4) is 11.5 Å². The van der Waals surface area contributed by atoms with E-state index in [4.69, 9.17) is 4.52 Å². The van der Waals surface area contributed by atoms with Gasteiger partial charge in [0.25, 0.3) is 5.89 Å². The van der Waals surface area contributed by atoms with Crippen molar-refractivity contribution >= 4 is 5.96 Å². The average molecular weight is 381 g/mol. The molecule has 0 aliphatic rings. The SMILES string of the molecule is CCCc1noc(-c2cccc(CNC(=NC)NCc3ccccc3F)c2)n1. The van der Waals surface area contributed by atoms with E-state index in [1.54, 1.807) is 19.2 Å². The van der Waals surface area contributed by atoms with Crippen molar-refractivity contribution in [2.24, 2.45) is 4.99 Å². The molecular formula is C21H24FN5O. The lowest BCUT2D eigenvalue weighted by molar-refractivity contribution is 0.422. The van der Waals surface area contributed by atoms with Crippen molar-refractivity contribution in [2.45, 2.75) is 32.9 Å². The molecule has 1 heterocycles. The molecule has 146 valence electrons. The average Bonchev–Trinajstić information content (AvgIpc) is 3.18. The van der Waals surface area contributed by atoms with E-state index in [0.717, 1.165) is 29.8 Å². The van der Waals surface area contributed by atoms with Crippen molar-refractivity contribution in [1.82, 2.24) is 20.8 Å². The van der Waals surface area contributed by atoms with Crippen LogP contribution in [0.1, 0.15) is 30.3 Å². The fourth-order valence-corrected chi connectivity index (χ4v) is 2.74. The number of benzene rings is 2. The Labute approximate surface area is 163 Å². The van der Waals surface area contributed by atoms with Crippen LogP contribution in [0.15, 0.2) is 58.0 Å². The van der Waals surface area contributed by atoms with Crippen LogP contribution in [0.25, 0.3) is 11.5 Å². The second-order valence-electron chi connectivity index (χ2n) is 6.34. The van der Waals surface area contributed by atoms with E-state index in [9.17, 15) is 4.39 Å². The fraction of sp³-hybridized carbons (Fsp3) is 0.286. The van der Waals surface area contributed by atoms with Gasteiger partial charge in [-0.05, 0) is 30.2 Å². The quantitative estimate of drug-likeness (QED) is 0.482. The summed E-state index contributed by atoms with van der Waals surface area (Å²) in [6, 6.07) is 14.6. The molecule has 0 unspecified atom stereocenters. The van der Waals surface area contributed by atoms with E-state index in [2.05, 4.69) is 32.7 Å². The largest absolute Gasteiger partial charge is 0.352 e. The zero-order chi connectivity index (χ0) is 19.8. The fourth-order valence-electron chi connectivity index (χ4n) is 2.74. The molecule has 0 bridgehead atoms. The summed E-state index contributed by atoms with van der Waals surface area (Å²) in [5.41, 5.74) is 2.51. The maximum atomic E-state index is 13.7. The van der Waals surface area contributed by atoms with Gasteiger partial charge in [-0.15, -0.1) is 0 Å². The molecule has 1 aromatic heterocycles. The predicted octanol–water partition coefficient (Wildman–Crippen LogP) is 3.69. The summed E-state index contributed by atoms with van der Waals surface area (Å²) in [7, 11) is 1.68. The number of halogens is 1. The van der Waals surface area contributed by atoms with E-state index in [1.807, 2.05) is 30.3 Å². The first-order valence-corrected chi connectivity index (χ1v) is 9.29. The molecule has 0 fully saturated rings. The van der Waals surface area contributed by atoms with Gasteiger partial charge in [0.05, 0.1) is 0 Å². The number of aromatic nitrogens is 2. The molecule has 7 heteroatoms. The Hall–Kier alpha value is -3.22. The molecule has 0 saturated heterocycles. The van der Waals surface area contributed by atoms with Crippen LogP contribution in [0, 0.1) is 5.82 Å². The number of nitrogens with zero attached hydrogens (tertiary/aromatic N) is 3. The lowest BCUT2D eigenvalue weighted by Crippen LogP contribution is -2.36. The zero-order valence-corrected chi connectivity index (χ0v) is 16.1. The Morgan fingerprint density at radius 2 is 1.93 bits per heavy atom. The van der Waals surface area contributed by atoms with Crippen LogP contribution in [0.2, 0.25) is 0 Å². The number of rotatable bonds is 7. The Balaban J connectivity index is 1.59. The van der Waals surface area contributed by atoms with Crippen LogP contribution >= 0.6 is 0 Å². The number of aliphatic imine (C=N–C) groups is 1. The van der Waals surface area contributed by atoms with Crippen molar-refractivity contribution in [1.29, 1.82) is 0 Å². The Bertz CT molecular complexity index is 938. The summed E-state index contributed by atoms with van der Waals surface area (Å²) in [6.07, 6.45) is 1.77. The second kappa shape index (κ2) is 9.64. The maximum Gasteiger partial charge on any atom is 0.257 e. The number of hydrogen-bond acceptors (Lipinski definition) is 4. The topological polar surface area (TPSA) is 75.3 Å². The van der Waals surface area contributed by atoms with Crippen LogP contribution in [0.5, 0.6) is 0 Å². The van der Waals surface area contributed by atoms with E-state index in [0.29, 0.717) is 30.5 Å². The van der Waals surface area contributed by atoms with E-state index in [-0.39, 0.29) is 5.82 Å². The lowest BCUT2D eigenvalue weighted by Gasteiger charge is -2.12. The molecule has 0 aliphatic heterocycles. The smallest absolute Gasteiger partial charge is 0.257 e. The molecule has 0 amide bonds. The predicted molar refractivity (Wildman–Crippen MR) is 107 cm³/mol. The van der Waals surface area contributed by atoms with Crippen molar-refractivity contribution in [3.05, 3.63) is 71.3 Å². The summed E-state index contributed by atoms with van der Waals surface area (Å²) in [4.78, 5) is 8.61.